The number of aliphatic hydroxyl groups is 1. The van der Waals surface area contributed by atoms with Crippen LogP contribution in [0.15, 0.2) is 22.6 Å². The summed E-state index contributed by atoms with van der Waals surface area (Å²) in [5, 5.41) is 15.8. The lowest BCUT2D eigenvalue weighted by molar-refractivity contribution is 0.200. The molecule has 1 aromatic heterocycles. The normalized spacial score (nSPS) is 12.9. The third-order valence-corrected chi connectivity index (χ3v) is 4.44. The number of nitrogens with one attached hydrogen (secondary N) is 2. The van der Waals surface area contributed by atoms with E-state index >= 15 is 0 Å². The molecule has 3 N–H and O–H groups in total. The fraction of sp³-hybridized carbons (Fsp3) is 0.526. The van der Waals surface area contributed by atoms with Crippen LogP contribution in [0.1, 0.15) is 44.6 Å². The fourth-order valence-corrected chi connectivity index (χ4v) is 2.78. The SMILES string of the molecule is COc1ccc2oc(C(C)NC(=O)NCC(C)(C)CCO)c(C)c2c1. The lowest BCUT2D eigenvalue weighted by Crippen LogP contribution is -2.41. The molecule has 0 bridgehead atoms. The van der Waals surface area contributed by atoms with Crippen molar-refractivity contribution in [2.24, 2.45) is 5.41 Å². The highest BCUT2D eigenvalue weighted by atomic mass is 16.5. The highest BCUT2D eigenvalue weighted by molar-refractivity contribution is 5.84. The van der Waals surface area contributed by atoms with Gasteiger partial charge in [0.1, 0.15) is 17.1 Å². The third kappa shape index (κ3) is 4.66. The first-order chi connectivity index (χ1) is 11.8. The van der Waals surface area contributed by atoms with E-state index in [9.17, 15) is 4.79 Å². The number of carbonyl (C=O) groups is 1. The van der Waals surface area contributed by atoms with Gasteiger partial charge in [0, 0.05) is 24.1 Å². The second kappa shape index (κ2) is 7.78. The van der Waals surface area contributed by atoms with Crippen LogP contribution in [0.4, 0.5) is 4.79 Å². The van der Waals surface area contributed by atoms with Crippen LogP contribution in [-0.4, -0.2) is 31.4 Å². The summed E-state index contributed by atoms with van der Waals surface area (Å²) in [6, 6.07) is 5.13. The average molecular weight is 348 g/mol. The van der Waals surface area contributed by atoms with Crippen molar-refractivity contribution in [2.75, 3.05) is 20.3 Å². The molecule has 0 aliphatic heterocycles. The van der Waals surface area contributed by atoms with Gasteiger partial charge in [0.05, 0.1) is 13.2 Å². The van der Waals surface area contributed by atoms with Crippen molar-refractivity contribution in [3.8, 4) is 5.75 Å². The summed E-state index contributed by atoms with van der Waals surface area (Å²) >= 11 is 0. The van der Waals surface area contributed by atoms with E-state index in [4.69, 9.17) is 14.3 Å². The Bertz CT molecular complexity index is 736. The third-order valence-electron chi connectivity index (χ3n) is 4.44. The number of furan rings is 1. The smallest absolute Gasteiger partial charge is 0.315 e. The fourth-order valence-electron chi connectivity index (χ4n) is 2.78. The Morgan fingerprint density at radius 2 is 2.12 bits per heavy atom. The molecule has 0 saturated carbocycles. The maximum Gasteiger partial charge on any atom is 0.315 e. The van der Waals surface area contributed by atoms with Crippen LogP contribution in [-0.2, 0) is 0 Å². The number of hydrogen-bond donors (Lipinski definition) is 3. The van der Waals surface area contributed by atoms with Crippen LogP contribution in [0.5, 0.6) is 5.75 Å². The molecule has 6 heteroatoms. The summed E-state index contributed by atoms with van der Waals surface area (Å²) in [6.07, 6.45) is 0.632. The molecule has 1 atom stereocenters. The van der Waals surface area contributed by atoms with Crippen LogP contribution in [0, 0.1) is 12.3 Å². The van der Waals surface area contributed by atoms with Crippen LogP contribution >= 0.6 is 0 Å². The second-order valence-corrected chi connectivity index (χ2v) is 7.14. The van der Waals surface area contributed by atoms with Gasteiger partial charge in [0.15, 0.2) is 0 Å². The number of rotatable bonds is 7. The van der Waals surface area contributed by atoms with Crippen LogP contribution in [0.25, 0.3) is 11.0 Å². The van der Waals surface area contributed by atoms with Gasteiger partial charge in [-0.05, 0) is 43.9 Å². The first-order valence-corrected chi connectivity index (χ1v) is 8.49. The number of methoxy groups -OCH3 is 1. The number of carbonyl (C=O) groups excluding carboxylic acids is 1. The molecule has 25 heavy (non-hydrogen) atoms. The molecule has 0 aliphatic rings. The Labute approximate surface area is 148 Å². The van der Waals surface area contributed by atoms with Crippen LogP contribution < -0.4 is 15.4 Å². The maximum absolute atomic E-state index is 12.2. The van der Waals surface area contributed by atoms with Gasteiger partial charge < -0.3 is 24.9 Å². The molecular formula is C19H28N2O4. The van der Waals surface area contributed by atoms with Gasteiger partial charge in [-0.15, -0.1) is 0 Å². The van der Waals surface area contributed by atoms with E-state index < -0.39 is 0 Å². The highest BCUT2D eigenvalue weighted by Crippen LogP contribution is 2.31. The summed E-state index contributed by atoms with van der Waals surface area (Å²) in [7, 11) is 1.63. The molecule has 0 saturated heterocycles. The first-order valence-electron chi connectivity index (χ1n) is 8.49. The molecule has 2 amide bonds. The minimum atomic E-state index is -0.264. The Morgan fingerprint density at radius 1 is 1.40 bits per heavy atom. The van der Waals surface area contributed by atoms with E-state index in [2.05, 4.69) is 10.6 Å². The summed E-state index contributed by atoms with van der Waals surface area (Å²) in [5.74, 6) is 1.50. The maximum atomic E-state index is 12.2. The van der Waals surface area contributed by atoms with Crippen LogP contribution in [0.3, 0.4) is 0 Å². The summed E-state index contributed by atoms with van der Waals surface area (Å²) in [5.41, 5.74) is 1.61. The van der Waals surface area contributed by atoms with Crippen molar-refractivity contribution in [1.82, 2.24) is 10.6 Å². The summed E-state index contributed by atoms with van der Waals surface area (Å²) in [4.78, 5) is 12.2. The number of aryl methyl sites for hydroxylation is 1. The summed E-state index contributed by atoms with van der Waals surface area (Å²) < 4.78 is 11.2. The molecule has 6 nitrogen and oxygen atoms in total. The van der Waals surface area contributed by atoms with Gasteiger partial charge in [-0.25, -0.2) is 4.79 Å². The molecule has 138 valence electrons. The molecule has 0 aliphatic carbocycles. The molecule has 0 fully saturated rings. The molecule has 1 aromatic carbocycles. The number of amides is 2. The lowest BCUT2D eigenvalue weighted by atomic mass is 9.90. The molecular weight excluding hydrogens is 320 g/mol. The largest absolute Gasteiger partial charge is 0.497 e. The van der Waals surface area contributed by atoms with Crippen molar-refractivity contribution >= 4 is 17.0 Å². The monoisotopic (exact) mass is 348 g/mol. The minimum absolute atomic E-state index is 0.105. The van der Waals surface area contributed by atoms with Gasteiger partial charge in [-0.3, -0.25) is 0 Å². The quantitative estimate of drug-likeness (QED) is 0.715. The van der Waals surface area contributed by atoms with Gasteiger partial charge in [-0.1, -0.05) is 13.8 Å². The highest BCUT2D eigenvalue weighted by Gasteiger charge is 2.21. The van der Waals surface area contributed by atoms with Gasteiger partial charge >= 0.3 is 6.03 Å². The Kier molecular flexibility index (Phi) is 5.95. The van der Waals surface area contributed by atoms with Crippen molar-refractivity contribution in [3.05, 3.63) is 29.5 Å². The van der Waals surface area contributed by atoms with E-state index in [0.717, 1.165) is 28.0 Å². The molecule has 0 radical (unpaired) electrons. The molecule has 1 heterocycles. The van der Waals surface area contributed by atoms with E-state index in [1.165, 1.54) is 0 Å². The number of ether oxygens (including phenoxy) is 1. The molecule has 2 rings (SSSR count). The van der Waals surface area contributed by atoms with E-state index in [1.807, 2.05) is 45.9 Å². The molecule has 0 spiro atoms. The zero-order valence-corrected chi connectivity index (χ0v) is 15.6. The van der Waals surface area contributed by atoms with Gasteiger partial charge in [0.2, 0.25) is 0 Å². The topological polar surface area (TPSA) is 83.7 Å². The number of fused-ring (bicyclic) bond motifs is 1. The number of hydrogen-bond acceptors (Lipinski definition) is 4. The van der Waals surface area contributed by atoms with E-state index in [-0.39, 0.29) is 24.1 Å². The average Bonchev–Trinajstić information content (AvgIpc) is 2.89. The zero-order chi connectivity index (χ0) is 18.6. The first kappa shape index (κ1) is 19.1. The lowest BCUT2D eigenvalue weighted by Gasteiger charge is -2.24. The van der Waals surface area contributed by atoms with Crippen LogP contribution in [0.2, 0.25) is 0 Å². The van der Waals surface area contributed by atoms with Crippen molar-refractivity contribution in [1.29, 1.82) is 0 Å². The Morgan fingerprint density at radius 3 is 2.76 bits per heavy atom. The zero-order valence-electron chi connectivity index (χ0n) is 15.6. The molecule has 1 unspecified atom stereocenters. The number of urea groups is 1. The second-order valence-electron chi connectivity index (χ2n) is 7.14. The number of aliphatic hydroxyl groups excluding tert-OH is 1. The minimum Gasteiger partial charge on any atom is -0.497 e. The standard InChI is InChI=1S/C19H28N2O4/c1-12-15-10-14(24-5)6-7-16(15)25-17(12)13(2)21-18(23)20-11-19(3,4)8-9-22/h6-7,10,13,22H,8-9,11H2,1-5H3,(H2,20,21,23). The van der Waals surface area contributed by atoms with Crippen molar-refractivity contribution < 1.29 is 19.1 Å². The van der Waals surface area contributed by atoms with Crippen molar-refractivity contribution in [3.63, 3.8) is 0 Å². The molecule has 2 aromatic rings. The Balaban J connectivity index is 2.05. The van der Waals surface area contributed by atoms with Crippen molar-refractivity contribution in [2.45, 2.75) is 40.2 Å². The van der Waals surface area contributed by atoms with Gasteiger partial charge in [-0.2, -0.15) is 0 Å². The summed E-state index contributed by atoms with van der Waals surface area (Å²) in [6.45, 7) is 8.46. The number of benzene rings is 1. The predicted molar refractivity (Wildman–Crippen MR) is 97.9 cm³/mol. The van der Waals surface area contributed by atoms with E-state index in [0.29, 0.717) is 13.0 Å². The Hall–Kier alpha value is -2.21. The van der Waals surface area contributed by atoms with Gasteiger partial charge in [0.25, 0.3) is 0 Å². The predicted octanol–water partition coefficient (Wildman–Crippen LogP) is 3.52. The van der Waals surface area contributed by atoms with E-state index in [1.54, 1.807) is 7.11 Å².